The van der Waals surface area contributed by atoms with Crippen molar-refractivity contribution in [1.29, 1.82) is 5.41 Å². The minimum absolute atomic E-state index is 0.130. The Morgan fingerprint density at radius 3 is 2.81 bits per heavy atom. The molecule has 0 saturated heterocycles. The van der Waals surface area contributed by atoms with E-state index in [0.717, 1.165) is 10.9 Å². The van der Waals surface area contributed by atoms with Gasteiger partial charge in [-0.05, 0) is 30.3 Å². The van der Waals surface area contributed by atoms with Gasteiger partial charge in [-0.15, -0.1) is 0 Å². The zero-order valence-corrected chi connectivity index (χ0v) is 11.8. The lowest BCUT2D eigenvalue weighted by atomic mass is 10.1. The van der Waals surface area contributed by atoms with Gasteiger partial charge >= 0.3 is 0 Å². The molecule has 0 amide bonds. The van der Waals surface area contributed by atoms with Crippen LogP contribution in [-0.4, -0.2) is 10.8 Å². The average molecular weight is 298 g/mol. The minimum Gasteiger partial charge on any atom is -0.456 e. The number of hydrogen-bond donors (Lipinski definition) is 2. The minimum atomic E-state index is -0.130. The smallest absolute Gasteiger partial charge is 0.139 e. The highest BCUT2D eigenvalue weighted by atomic mass is 35.5. The highest BCUT2D eigenvalue weighted by molar-refractivity contribution is 6.34. The Morgan fingerprint density at radius 1 is 1.14 bits per heavy atom. The van der Waals surface area contributed by atoms with Crippen LogP contribution in [0.3, 0.4) is 0 Å². The van der Waals surface area contributed by atoms with Gasteiger partial charge in [0.15, 0.2) is 0 Å². The van der Waals surface area contributed by atoms with Crippen molar-refractivity contribution in [1.82, 2.24) is 4.98 Å². The summed E-state index contributed by atoms with van der Waals surface area (Å²) in [6.45, 7) is 0. The number of fused-ring (bicyclic) bond motifs is 1. The van der Waals surface area contributed by atoms with Crippen molar-refractivity contribution >= 4 is 28.3 Å². The summed E-state index contributed by atoms with van der Waals surface area (Å²) in [7, 11) is 0. The third-order valence-electron chi connectivity index (χ3n) is 3.05. The third kappa shape index (κ3) is 2.66. The molecule has 4 nitrogen and oxygen atoms in total. The number of ether oxygens (including phenoxy) is 1. The second-order valence-corrected chi connectivity index (χ2v) is 4.89. The molecule has 1 heterocycles. The van der Waals surface area contributed by atoms with Gasteiger partial charge in [-0.25, -0.2) is 0 Å². The molecule has 0 bridgehead atoms. The van der Waals surface area contributed by atoms with Crippen molar-refractivity contribution in [3.8, 4) is 11.5 Å². The number of nitrogens with two attached hydrogens (primary N) is 1. The van der Waals surface area contributed by atoms with Crippen LogP contribution in [0.4, 0.5) is 0 Å². The molecule has 3 N–H and O–H groups in total. The molecule has 0 spiro atoms. The Kier molecular flexibility index (Phi) is 3.46. The van der Waals surface area contributed by atoms with Gasteiger partial charge in [0.25, 0.3) is 0 Å². The molecule has 3 rings (SSSR count). The lowest BCUT2D eigenvalue weighted by Gasteiger charge is -2.12. The quantitative estimate of drug-likeness (QED) is 0.567. The number of nitrogen functional groups attached to an aromatic ring is 1. The first kappa shape index (κ1) is 13.4. The van der Waals surface area contributed by atoms with Gasteiger partial charge in [0, 0.05) is 17.6 Å². The Balaban J connectivity index is 2.02. The first-order chi connectivity index (χ1) is 10.1. The zero-order valence-electron chi connectivity index (χ0n) is 11.0. The fraction of sp³-hybridized carbons (Fsp3) is 0. The van der Waals surface area contributed by atoms with Crippen LogP contribution in [0.2, 0.25) is 5.02 Å². The average Bonchev–Trinajstić information content (AvgIpc) is 2.47. The summed E-state index contributed by atoms with van der Waals surface area (Å²) in [5.41, 5.74) is 6.79. The van der Waals surface area contributed by atoms with Gasteiger partial charge in [-0.3, -0.25) is 10.4 Å². The standard InChI is InChI=1S/C16H12ClN3O/c17-12-4-1-5-14(15(12)16(18)19)21-11-7-6-10-3-2-8-20-13(10)9-11/h1-9H,(H3,18,19). The van der Waals surface area contributed by atoms with Crippen molar-refractivity contribution < 1.29 is 4.74 Å². The number of amidine groups is 1. The predicted octanol–water partition coefficient (Wildman–Crippen LogP) is 3.96. The van der Waals surface area contributed by atoms with Crippen LogP contribution in [0.25, 0.3) is 10.9 Å². The second kappa shape index (κ2) is 5.42. The number of pyridine rings is 1. The van der Waals surface area contributed by atoms with Crippen LogP contribution in [0.1, 0.15) is 5.56 Å². The molecule has 0 unspecified atom stereocenters. The fourth-order valence-corrected chi connectivity index (χ4v) is 2.36. The Hall–Kier alpha value is -2.59. The first-order valence-corrected chi connectivity index (χ1v) is 6.68. The molecule has 21 heavy (non-hydrogen) atoms. The molecule has 0 saturated carbocycles. The van der Waals surface area contributed by atoms with E-state index in [9.17, 15) is 0 Å². The van der Waals surface area contributed by atoms with E-state index in [1.165, 1.54) is 0 Å². The molecule has 0 fully saturated rings. The number of hydrogen-bond acceptors (Lipinski definition) is 3. The molecule has 1 aromatic heterocycles. The largest absolute Gasteiger partial charge is 0.456 e. The molecule has 0 aliphatic rings. The molecular weight excluding hydrogens is 286 g/mol. The summed E-state index contributed by atoms with van der Waals surface area (Å²) in [5, 5.41) is 9.03. The van der Waals surface area contributed by atoms with Gasteiger partial charge < -0.3 is 10.5 Å². The topological polar surface area (TPSA) is 72.0 Å². The number of halogens is 1. The normalized spacial score (nSPS) is 10.5. The maximum Gasteiger partial charge on any atom is 0.139 e. The third-order valence-corrected chi connectivity index (χ3v) is 3.36. The van der Waals surface area contributed by atoms with E-state index in [1.807, 2.05) is 30.3 Å². The van der Waals surface area contributed by atoms with Crippen LogP contribution < -0.4 is 10.5 Å². The van der Waals surface area contributed by atoms with Crippen LogP contribution in [0, 0.1) is 5.41 Å². The lowest BCUT2D eigenvalue weighted by Crippen LogP contribution is -2.13. The summed E-state index contributed by atoms with van der Waals surface area (Å²) in [6.07, 6.45) is 1.73. The van der Waals surface area contributed by atoms with E-state index >= 15 is 0 Å². The second-order valence-electron chi connectivity index (χ2n) is 4.49. The number of benzene rings is 2. The SMILES string of the molecule is N=C(N)c1c(Cl)cccc1Oc1ccc2cccnc2c1. The summed E-state index contributed by atoms with van der Waals surface area (Å²) in [6, 6.07) is 14.6. The van der Waals surface area contributed by atoms with Gasteiger partial charge in [0.05, 0.1) is 16.1 Å². The molecule has 0 radical (unpaired) electrons. The van der Waals surface area contributed by atoms with Gasteiger partial charge in [0.1, 0.15) is 17.3 Å². The van der Waals surface area contributed by atoms with Crippen molar-refractivity contribution in [3.05, 3.63) is 65.3 Å². The van der Waals surface area contributed by atoms with Crippen LogP contribution in [0.5, 0.6) is 11.5 Å². The van der Waals surface area contributed by atoms with Crippen LogP contribution >= 0.6 is 11.6 Å². The molecular formula is C16H12ClN3O. The predicted molar refractivity (Wildman–Crippen MR) is 84.3 cm³/mol. The molecule has 0 aliphatic heterocycles. The maximum atomic E-state index is 7.62. The van der Waals surface area contributed by atoms with E-state index in [4.69, 9.17) is 27.5 Å². The molecule has 2 aromatic carbocycles. The summed E-state index contributed by atoms with van der Waals surface area (Å²) >= 11 is 6.07. The van der Waals surface area contributed by atoms with Gasteiger partial charge in [-0.1, -0.05) is 23.7 Å². The Labute approximate surface area is 126 Å². The van der Waals surface area contributed by atoms with Crippen LogP contribution in [-0.2, 0) is 0 Å². The molecule has 104 valence electrons. The Bertz CT molecular complexity index is 833. The van der Waals surface area contributed by atoms with E-state index in [2.05, 4.69) is 4.98 Å². The lowest BCUT2D eigenvalue weighted by molar-refractivity contribution is 0.482. The fourth-order valence-electron chi connectivity index (χ4n) is 2.09. The van der Waals surface area contributed by atoms with Crippen molar-refractivity contribution in [2.45, 2.75) is 0 Å². The summed E-state index contributed by atoms with van der Waals surface area (Å²) < 4.78 is 5.81. The van der Waals surface area contributed by atoms with Crippen molar-refractivity contribution in [2.75, 3.05) is 0 Å². The highest BCUT2D eigenvalue weighted by Gasteiger charge is 2.12. The van der Waals surface area contributed by atoms with Crippen molar-refractivity contribution in [2.24, 2.45) is 5.73 Å². The van der Waals surface area contributed by atoms with Gasteiger partial charge in [-0.2, -0.15) is 0 Å². The highest BCUT2D eigenvalue weighted by Crippen LogP contribution is 2.31. The molecule has 0 atom stereocenters. The number of aromatic nitrogens is 1. The summed E-state index contributed by atoms with van der Waals surface area (Å²) in [4.78, 5) is 4.29. The van der Waals surface area contributed by atoms with E-state index in [0.29, 0.717) is 22.1 Å². The maximum absolute atomic E-state index is 7.62. The molecule has 3 aromatic rings. The summed E-state index contributed by atoms with van der Waals surface area (Å²) in [5.74, 6) is 0.936. The molecule has 5 heteroatoms. The zero-order chi connectivity index (χ0) is 14.8. The number of nitrogens with zero attached hydrogens (tertiary/aromatic N) is 1. The van der Waals surface area contributed by atoms with E-state index in [1.54, 1.807) is 24.4 Å². The van der Waals surface area contributed by atoms with Crippen molar-refractivity contribution in [3.63, 3.8) is 0 Å². The first-order valence-electron chi connectivity index (χ1n) is 6.31. The van der Waals surface area contributed by atoms with E-state index < -0.39 is 0 Å². The number of rotatable bonds is 3. The molecule has 0 aliphatic carbocycles. The van der Waals surface area contributed by atoms with Crippen LogP contribution in [0.15, 0.2) is 54.7 Å². The van der Waals surface area contributed by atoms with Gasteiger partial charge in [0.2, 0.25) is 0 Å². The monoisotopic (exact) mass is 297 g/mol. The number of nitrogens with one attached hydrogen (secondary N) is 1. The van der Waals surface area contributed by atoms with E-state index in [-0.39, 0.29) is 5.84 Å². The Morgan fingerprint density at radius 2 is 2.00 bits per heavy atom.